The molecule has 2 aromatic rings. The molecule has 0 aliphatic rings. The smallest absolute Gasteiger partial charge is 0.185 e. The highest BCUT2D eigenvalue weighted by Gasteiger charge is 2.06. The number of hydrogen-bond acceptors (Lipinski definition) is 4. The van der Waals surface area contributed by atoms with E-state index in [4.69, 9.17) is 4.74 Å². The molecule has 0 saturated carbocycles. The normalized spacial score (nSPS) is 10.7. The number of hydrogen-bond donors (Lipinski definition) is 2. The highest BCUT2D eigenvalue weighted by molar-refractivity contribution is 6.07. The molecule has 0 atom stereocenters. The van der Waals surface area contributed by atoms with E-state index in [-0.39, 0.29) is 11.5 Å². The van der Waals surface area contributed by atoms with Gasteiger partial charge in [-0.2, -0.15) is 0 Å². The molecule has 0 unspecified atom stereocenters. The number of benzene rings is 2. The molecule has 2 N–H and O–H groups in total. The van der Waals surface area contributed by atoms with E-state index < -0.39 is 0 Å². The van der Waals surface area contributed by atoms with Crippen LogP contribution < -0.4 is 10.1 Å². The number of nitrogens with one attached hydrogen (secondary N) is 1. The summed E-state index contributed by atoms with van der Waals surface area (Å²) in [4.78, 5) is 12.2. The summed E-state index contributed by atoms with van der Waals surface area (Å²) in [5, 5.41) is 12.7. The van der Waals surface area contributed by atoms with E-state index in [0.717, 1.165) is 16.8 Å². The summed E-state index contributed by atoms with van der Waals surface area (Å²) >= 11 is 0. The number of anilines is 1. The topological polar surface area (TPSA) is 58.6 Å². The summed E-state index contributed by atoms with van der Waals surface area (Å²) in [5.74, 6) is 0.607. The number of phenolic OH excluding ortho intramolecular Hbond substituents is 1. The van der Waals surface area contributed by atoms with Crippen molar-refractivity contribution in [3.63, 3.8) is 0 Å². The second kappa shape index (κ2) is 6.80. The standard InChI is InChI=1S/C18H19NO3/c1-12-10-14(18(22-3)11-17(12)21)6-9-16(20)13-4-7-15(19-2)8-5-13/h4-11,19,21H,1-3H3/b9-6+. The van der Waals surface area contributed by atoms with Gasteiger partial charge in [-0.25, -0.2) is 0 Å². The zero-order chi connectivity index (χ0) is 16.1. The Morgan fingerprint density at radius 2 is 1.91 bits per heavy atom. The molecule has 4 heteroatoms. The van der Waals surface area contributed by atoms with Crippen molar-refractivity contribution in [1.29, 1.82) is 0 Å². The van der Waals surface area contributed by atoms with Gasteiger partial charge in [0.15, 0.2) is 5.78 Å². The fourth-order valence-electron chi connectivity index (χ4n) is 2.07. The van der Waals surface area contributed by atoms with E-state index in [1.807, 2.05) is 19.2 Å². The van der Waals surface area contributed by atoms with Crippen molar-refractivity contribution >= 4 is 17.5 Å². The van der Waals surface area contributed by atoms with E-state index in [9.17, 15) is 9.90 Å². The van der Waals surface area contributed by atoms with Gasteiger partial charge in [0.05, 0.1) is 7.11 Å². The van der Waals surface area contributed by atoms with Gasteiger partial charge < -0.3 is 15.2 Å². The number of aryl methyl sites for hydroxylation is 1. The van der Waals surface area contributed by atoms with Crippen LogP contribution in [0.25, 0.3) is 6.08 Å². The van der Waals surface area contributed by atoms with E-state index in [1.54, 1.807) is 37.3 Å². The van der Waals surface area contributed by atoms with E-state index in [1.165, 1.54) is 13.2 Å². The molecule has 0 heterocycles. The molecular weight excluding hydrogens is 278 g/mol. The lowest BCUT2D eigenvalue weighted by Gasteiger charge is -2.07. The molecule has 22 heavy (non-hydrogen) atoms. The highest BCUT2D eigenvalue weighted by atomic mass is 16.5. The second-order valence-corrected chi connectivity index (χ2v) is 4.91. The SMILES string of the molecule is CNc1ccc(C(=O)/C=C/c2cc(C)c(O)cc2OC)cc1. The Bertz CT molecular complexity index is 703. The number of aromatic hydroxyl groups is 1. The van der Waals surface area contributed by atoms with Crippen molar-refractivity contribution in [1.82, 2.24) is 0 Å². The minimum Gasteiger partial charge on any atom is -0.508 e. The van der Waals surface area contributed by atoms with Crippen LogP contribution >= 0.6 is 0 Å². The van der Waals surface area contributed by atoms with Crippen molar-refractivity contribution < 1.29 is 14.6 Å². The summed E-state index contributed by atoms with van der Waals surface area (Å²) in [7, 11) is 3.36. The molecular formula is C18H19NO3. The maximum atomic E-state index is 12.2. The lowest BCUT2D eigenvalue weighted by molar-refractivity contribution is 0.104. The number of ketones is 1. The first-order valence-corrected chi connectivity index (χ1v) is 6.93. The predicted molar refractivity (Wildman–Crippen MR) is 88.7 cm³/mol. The number of carbonyl (C=O) groups is 1. The Morgan fingerprint density at radius 1 is 1.23 bits per heavy atom. The van der Waals surface area contributed by atoms with Gasteiger partial charge in [-0.3, -0.25) is 4.79 Å². The quantitative estimate of drug-likeness (QED) is 0.653. The Kier molecular flexibility index (Phi) is 4.84. The highest BCUT2D eigenvalue weighted by Crippen LogP contribution is 2.28. The Balaban J connectivity index is 2.23. The molecule has 4 nitrogen and oxygen atoms in total. The molecule has 0 radical (unpaired) electrons. The van der Waals surface area contributed by atoms with E-state index >= 15 is 0 Å². The van der Waals surface area contributed by atoms with Gasteiger partial charge in [0, 0.05) is 29.9 Å². The first-order valence-electron chi connectivity index (χ1n) is 6.93. The molecule has 0 aliphatic carbocycles. The molecule has 0 bridgehead atoms. The monoisotopic (exact) mass is 297 g/mol. The zero-order valence-electron chi connectivity index (χ0n) is 12.9. The first-order chi connectivity index (χ1) is 10.5. The van der Waals surface area contributed by atoms with Gasteiger partial charge in [0.25, 0.3) is 0 Å². The molecule has 0 saturated heterocycles. The third-order valence-electron chi connectivity index (χ3n) is 3.42. The van der Waals surface area contributed by atoms with Crippen molar-refractivity contribution in [3.05, 3.63) is 59.2 Å². The van der Waals surface area contributed by atoms with E-state index in [2.05, 4.69) is 5.32 Å². The lowest BCUT2D eigenvalue weighted by Crippen LogP contribution is -1.95. The van der Waals surface area contributed by atoms with Gasteiger partial charge in [-0.1, -0.05) is 0 Å². The van der Waals surface area contributed by atoms with Crippen LogP contribution in [0, 0.1) is 6.92 Å². The van der Waals surface area contributed by atoms with Crippen LogP contribution in [-0.4, -0.2) is 25.0 Å². The Morgan fingerprint density at radius 3 is 2.50 bits per heavy atom. The molecule has 2 aromatic carbocycles. The number of carbonyl (C=O) groups excluding carboxylic acids is 1. The second-order valence-electron chi connectivity index (χ2n) is 4.91. The largest absolute Gasteiger partial charge is 0.508 e. The van der Waals surface area contributed by atoms with Crippen molar-refractivity contribution in [3.8, 4) is 11.5 Å². The number of ether oxygens (including phenoxy) is 1. The average Bonchev–Trinajstić information content (AvgIpc) is 2.55. The van der Waals surface area contributed by atoms with Crippen molar-refractivity contribution in [2.24, 2.45) is 0 Å². The van der Waals surface area contributed by atoms with Gasteiger partial charge >= 0.3 is 0 Å². The van der Waals surface area contributed by atoms with Crippen LogP contribution in [0.15, 0.2) is 42.5 Å². The Hall–Kier alpha value is -2.75. The minimum atomic E-state index is -0.0876. The average molecular weight is 297 g/mol. The third-order valence-corrected chi connectivity index (χ3v) is 3.42. The maximum absolute atomic E-state index is 12.2. The predicted octanol–water partition coefficient (Wildman–Crippen LogP) is 3.65. The maximum Gasteiger partial charge on any atom is 0.185 e. The van der Waals surface area contributed by atoms with Gasteiger partial charge in [0.1, 0.15) is 11.5 Å². The van der Waals surface area contributed by atoms with Gasteiger partial charge in [0.2, 0.25) is 0 Å². The van der Waals surface area contributed by atoms with Crippen LogP contribution in [0.5, 0.6) is 11.5 Å². The van der Waals surface area contributed by atoms with Crippen LogP contribution in [-0.2, 0) is 0 Å². The first kappa shape index (κ1) is 15.6. The molecule has 0 aliphatic heterocycles. The number of methoxy groups -OCH3 is 1. The summed E-state index contributed by atoms with van der Waals surface area (Å²) in [5.41, 5.74) is 3.05. The zero-order valence-corrected chi connectivity index (χ0v) is 12.9. The van der Waals surface area contributed by atoms with Crippen molar-refractivity contribution in [2.45, 2.75) is 6.92 Å². The summed E-state index contributed by atoms with van der Waals surface area (Å²) in [6.07, 6.45) is 3.20. The van der Waals surface area contributed by atoms with E-state index in [0.29, 0.717) is 11.3 Å². The van der Waals surface area contributed by atoms with Crippen LogP contribution in [0.2, 0.25) is 0 Å². The number of phenols is 1. The van der Waals surface area contributed by atoms with Gasteiger partial charge in [-0.15, -0.1) is 0 Å². The van der Waals surface area contributed by atoms with Gasteiger partial charge in [-0.05, 0) is 55.0 Å². The molecule has 114 valence electrons. The Labute approximate surface area is 130 Å². The number of rotatable bonds is 5. The summed E-state index contributed by atoms with van der Waals surface area (Å²) in [6.45, 7) is 1.80. The van der Waals surface area contributed by atoms with Crippen LogP contribution in [0.1, 0.15) is 21.5 Å². The third kappa shape index (κ3) is 3.47. The molecule has 0 spiro atoms. The van der Waals surface area contributed by atoms with Crippen LogP contribution in [0.4, 0.5) is 5.69 Å². The lowest BCUT2D eigenvalue weighted by atomic mass is 10.1. The fraction of sp³-hybridized carbons (Fsp3) is 0.167. The molecule has 2 rings (SSSR count). The van der Waals surface area contributed by atoms with Crippen LogP contribution in [0.3, 0.4) is 0 Å². The summed E-state index contributed by atoms with van der Waals surface area (Å²) < 4.78 is 5.22. The van der Waals surface area contributed by atoms with Crippen molar-refractivity contribution in [2.75, 3.05) is 19.5 Å². The summed E-state index contributed by atoms with van der Waals surface area (Å²) in [6, 6.07) is 10.6. The number of allylic oxidation sites excluding steroid dienone is 1. The molecule has 0 aromatic heterocycles. The fourth-order valence-corrected chi connectivity index (χ4v) is 2.07. The molecule has 0 amide bonds. The molecule has 0 fully saturated rings. The minimum absolute atomic E-state index is 0.0876.